The Balaban J connectivity index is 1.49. The number of anilines is 2. The molecule has 210 valence electrons. The van der Waals surface area contributed by atoms with Gasteiger partial charge >= 0.3 is 0 Å². The molecule has 3 atom stereocenters. The van der Waals surface area contributed by atoms with Crippen LogP contribution in [-0.4, -0.2) is 51.5 Å². The molecule has 0 bridgehead atoms. The number of rotatable bonds is 4. The highest BCUT2D eigenvalue weighted by atomic mass is 32.1. The molecule has 4 aromatic rings. The summed E-state index contributed by atoms with van der Waals surface area (Å²) in [4.78, 5) is 22.5. The zero-order valence-electron chi connectivity index (χ0n) is 23.0. The Morgan fingerprint density at radius 3 is 2.59 bits per heavy atom. The summed E-state index contributed by atoms with van der Waals surface area (Å²) in [5.74, 6) is -0.0374. The van der Waals surface area contributed by atoms with Gasteiger partial charge in [0.2, 0.25) is 0 Å². The normalized spacial score (nSPS) is 20.0. The Kier molecular flexibility index (Phi) is 7.36. The maximum atomic E-state index is 14.2. The molecule has 0 aliphatic carbocycles. The minimum Gasteiger partial charge on any atom is -0.504 e. The van der Waals surface area contributed by atoms with Crippen LogP contribution < -0.4 is 14.5 Å². The highest BCUT2D eigenvalue weighted by Crippen LogP contribution is 2.46. The molecule has 1 N–H and O–H groups in total. The lowest BCUT2D eigenvalue weighted by Gasteiger charge is -2.49. The molecule has 1 amide bonds. The van der Waals surface area contributed by atoms with E-state index in [9.17, 15) is 9.90 Å². The summed E-state index contributed by atoms with van der Waals surface area (Å²) in [6, 6.07) is 20.6. The molecule has 2 aliphatic rings. The second kappa shape index (κ2) is 11.2. The van der Waals surface area contributed by atoms with E-state index in [1.165, 1.54) is 24.4 Å². The number of aryl methyl sites for hydroxylation is 1. The third kappa shape index (κ3) is 4.91. The van der Waals surface area contributed by atoms with Gasteiger partial charge in [-0.1, -0.05) is 36.4 Å². The Hall–Kier alpha value is -4.37. The minimum atomic E-state index is -0.512. The zero-order valence-corrected chi connectivity index (χ0v) is 23.8. The second-order valence-corrected chi connectivity index (χ2v) is 10.8. The van der Waals surface area contributed by atoms with E-state index in [2.05, 4.69) is 40.2 Å². The maximum absolute atomic E-state index is 14.2. The lowest BCUT2D eigenvalue weighted by Crippen LogP contribution is -2.57. The van der Waals surface area contributed by atoms with Crippen molar-refractivity contribution in [2.45, 2.75) is 44.4 Å². The average molecular weight is 569 g/mol. The third-order valence-corrected chi connectivity index (χ3v) is 8.34. The molecule has 2 aliphatic heterocycles. The molecular formula is C32H32N4O4S. The first-order valence-corrected chi connectivity index (χ1v) is 14.2. The van der Waals surface area contributed by atoms with Gasteiger partial charge in [0, 0.05) is 41.4 Å². The molecule has 3 unspecified atom stereocenters. The fraction of sp³-hybridized carbons (Fsp3) is 0.281. The van der Waals surface area contributed by atoms with Crippen molar-refractivity contribution in [3.05, 3.63) is 102 Å². The largest absolute Gasteiger partial charge is 0.504 e. The first-order valence-electron chi connectivity index (χ1n) is 13.8. The van der Waals surface area contributed by atoms with Crippen LogP contribution in [-0.2, 0) is 11.2 Å². The van der Waals surface area contributed by atoms with E-state index >= 15 is 0 Å². The molecule has 0 radical (unpaired) electrons. The number of phenols is 1. The molecule has 3 aromatic carbocycles. The molecule has 1 aromatic heterocycles. The number of imidazole rings is 1. The van der Waals surface area contributed by atoms with Crippen LogP contribution in [0, 0.1) is 0 Å². The Morgan fingerprint density at radius 2 is 1.83 bits per heavy atom. The van der Waals surface area contributed by atoms with Crippen LogP contribution in [0.25, 0.3) is 0 Å². The van der Waals surface area contributed by atoms with Gasteiger partial charge in [0.05, 0.1) is 19.2 Å². The van der Waals surface area contributed by atoms with Crippen LogP contribution in [0.15, 0.2) is 85.5 Å². The number of carbonyl (C=O) groups is 1. The van der Waals surface area contributed by atoms with Crippen LogP contribution in [0.2, 0.25) is 0 Å². The number of phenolic OH excluding ortho intramolecular Hbond substituents is 1. The highest BCUT2D eigenvalue weighted by Gasteiger charge is 2.46. The van der Waals surface area contributed by atoms with E-state index in [4.69, 9.17) is 21.7 Å². The molecule has 0 fully saturated rings. The van der Waals surface area contributed by atoms with Gasteiger partial charge in [-0.3, -0.25) is 9.36 Å². The fourth-order valence-corrected chi connectivity index (χ4v) is 6.30. The standard InChI is InChI=1S/C32H32N4O4S/c1-21-30(40-32(41)34-18-16-33-20-34)29(35-17-8-7-10-22-9-3-5-12-25(22)35)24-11-4-6-13-26(24)36(21)31(38)23-14-15-28(39-2)27(37)19-23/h3-6,9,11-16,18-21,29-30,37H,7-8,10,17H2,1-2H3. The summed E-state index contributed by atoms with van der Waals surface area (Å²) >= 11 is 5.74. The summed E-state index contributed by atoms with van der Waals surface area (Å²) in [5.41, 5.74) is 4.61. The summed E-state index contributed by atoms with van der Waals surface area (Å²) in [5, 5.41) is 10.7. The van der Waals surface area contributed by atoms with Gasteiger partial charge < -0.3 is 24.4 Å². The van der Waals surface area contributed by atoms with E-state index in [0.29, 0.717) is 11.3 Å². The first-order chi connectivity index (χ1) is 20.0. The smallest absolute Gasteiger partial charge is 0.269 e. The van der Waals surface area contributed by atoms with E-state index < -0.39 is 12.1 Å². The quantitative estimate of drug-likeness (QED) is 0.314. The van der Waals surface area contributed by atoms with Crippen molar-refractivity contribution < 1.29 is 19.4 Å². The van der Waals surface area contributed by atoms with E-state index in [-0.39, 0.29) is 22.9 Å². The van der Waals surface area contributed by atoms with Crippen LogP contribution in [0.3, 0.4) is 0 Å². The molecule has 8 nitrogen and oxygen atoms in total. The summed E-state index contributed by atoms with van der Waals surface area (Å²) in [7, 11) is 1.48. The van der Waals surface area contributed by atoms with E-state index in [1.54, 1.807) is 40.3 Å². The fourth-order valence-electron chi connectivity index (χ4n) is 6.08. The minimum absolute atomic E-state index is 0.0931. The lowest BCUT2D eigenvalue weighted by atomic mass is 9.86. The van der Waals surface area contributed by atoms with Gasteiger partial charge in [0.25, 0.3) is 11.1 Å². The van der Waals surface area contributed by atoms with Crippen molar-refractivity contribution in [2.75, 3.05) is 23.5 Å². The topological polar surface area (TPSA) is 80.1 Å². The van der Waals surface area contributed by atoms with Crippen LogP contribution in [0.5, 0.6) is 11.5 Å². The van der Waals surface area contributed by atoms with Crippen LogP contribution in [0.1, 0.15) is 47.3 Å². The van der Waals surface area contributed by atoms with Crippen molar-refractivity contribution in [1.82, 2.24) is 9.55 Å². The van der Waals surface area contributed by atoms with Crippen molar-refractivity contribution in [2.24, 2.45) is 0 Å². The van der Waals surface area contributed by atoms with Gasteiger partial charge in [0.15, 0.2) is 11.5 Å². The van der Waals surface area contributed by atoms with Crippen molar-refractivity contribution in [1.29, 1.82) is 0 Å². The number of thiocarbonyl (C=S) groups is 1. The van der Waals surface area contributed by atoms with Gasteiger partial charge in [-0.05, 0) is 74.3 Å². The Labute approximate surface area is 244 Å². The van der Waals surface area contributed by atoms with Crippen LogP contribution in [0.4, 0.5) is 11.4 Å². The number of methoxy groups -OCH3 is 1. The van der Waals surface area contributed by atoms with Crippen molar-refractivity contribution in [3.8, 4) is 11.5 Å². The number of ether oxygens (including phenoxy) is 2. The zero-order chi connectivity index (χ0) is 28.5. The molecule has 9 heteroatoms. The predicted molar refractivity (Wildman–Crippen MR) is 162 cm³/mol. The molecule has 3 heterocycles. The number of aromatic nitrogens is 2. The molecule has 6 rings (SSSR count). The summed E-state index contributed by atoms with van der Waals surface area (Å²) in [6.45, 7) is 2.84. The second-order valence-electron chi connectivity index (χ2n) is 10.4. The lowest BCUT2D eigenvalue weighted by molar-refractivity contribution is 0.0870. The van der Waals surface area contributed by atoms with E-state index in [0.717, 1.165) is 37.1 Å². The molecule has 0 spiro atoms. The van der Waals surface area contributed by atoms with E-state index in [1.807, 2.05) is 25.1 Å². The molecule has 41 heavy (non-hydrogen) atoms. The van der Waals surface area contributed by atoms with Crippen molar-refractivity contribution >= 4 is 34.7 Å². The number of aromatic hydroxyl groups is 1. The Bertz CT molecular complexity index is 1570. The van der Waals surface area contributed by atoms with Crippen molar-refractivity contribution in [3.63, 3.8) is 0 Å². The van der Waals surface area contributed by atoms with Crippen LogP contribution >= 0.6 is 12.2 Å². The average Bonchev–Trinajstić information content (AvgIpc) is 3.46. The monoisotopic (exact) mass is 568 g/mol. The van der Waals surface area contributed by atoms with Gasteiger partial charge in [0.1, 0.15) is 12.4 Å². The third-order valence-electron chi connectivity index (χ3n) is 8.04. The Morgan fingerprint density at radius 1 is 1.05 bits per heavy atom. The number of fused-ring (bicyclic) bond motifs is 2. The maximum Gasteiger partial charge on any atom is 0.269 e. The van der Waals surface area contributed by atoms with Gasteiger partial charge in [-0.2, -0.15) is 0 Å². The summed E-state index contributed by atoms with van der Waals surface area (Å²) < 4.78 is 13.5. The summed E-state index contributed by atoms with van der Waals surface area (Å²) in [6.07, 6.45) is 7.66. The number of amides is 1. The predicted octanol–water partition coefficient (Wildman–Crippen LogP) is 5.75. The number of nitrogens with zero attached hydrogens (tertiary/aromatic N) is 4. The molecule has 0 saturated carbocycles. The number of benzene rings is 3. The van der Waals surface area contributed by atoms with Gasteiger partial charge in [-0.25, -0.2) is 4.98 Å². The SMILES string of the molecule is COc1ccc(C(=O)N2c3ccccc3C(N3CCCCc4ccccc43)C(OC(=S)n3ccnc3)C2C)cc1O. The number of para-hydroxylation sites is 2. The first kappa shape index (κ1) is 26.8. The number of hydrogen-bond donors (Lipinski definition) is 1. The molecule has 0 saturated heterocycles. The molecular weight excluding hydrogens is 536 g/mol. The number of carbonyl (C=O) groups excluding carboxylic acids is 1. The van der Waals surface area contributed by atoms with Gasteiger partial charge in [-0.15, -0.1) is 0 Å². The number of hydrogen-bond acceptors (Lipinski definition) is 7. The highest BCUT2D eigenvalue weighted by molar-refractivity contribution is 7.80.